The minimum atomic E-state index is 0.0645. The molecule has 0 bridgehead atoms. The monoisotopic (exact) mass is 339 g/mol. The summed E-state index contributed by atoms with van der Waals surface area (Å²) in [6.45, 7) is 5.39. The standard InChI is InChI=1S/C21H25NO3/c1-4-25-18-11-9-16(10-12-18)19-6-5-13-22(19)21(23)17-8-7-15(2)20(14-17)24-3/h7-12,14,19H,4-6,13H2,1-3H3. The van der Waals surface area contributed by atoms with Gasteiger partial charge in [0.05, 0.1) is 19.8 Å². The summed E-state index contributed by atoms with van der Waals surface area (Å²) in [5.41, 5.74) is 2.87. The number of hydrogen-bond acceptors (Lipinski definition) is 3. The van der Waals surface area contributed by atoms with E-state index in [9.17, 15) is 4.79 Å². The van der Waals surface area contributed by atoms with Gasteiger partial charge < -0.3 is 14.4 Å². The Kier molecular flexibility index (Phi) is 5.27. The molecule has 1 aliphatic rings. The lowest BCUT2D eigenvalue weighted by Crippen LogP contribution is -2.30. The molecule has 0 aliphatic carbocycles. The zero-order valence-electron chi connectivity index (χ0n) is 15.1. The van der Waals surface area contributed by atoms with Crippen LogP contribution < -0.4 is 9.47 Å². The van der Waals surface area contributed by atoms with E-state index in [1.165, 1.54) is 0 Å². The van der Waals surface area contributed by atoms with E-state index < -0.39 is 0 Å². The molecule has 1 amide bonds. The lowest BCUT2D eigenvalue weighted by atomic mass is 10.0. The molecule has 4 nitrogen and oxygen atoms in total. The van der Waals surface area contributed by atoms with E-state index in [1.807, 2.05) is 49.1 Å². The third kappa shape index (κ3) is 3.63. The molecule has 25 heavy (non-hydrogen) atoms. The second-order valence-corrected chi connectivity index (χ2v) is 6.34. The summed E-state index contributed by atoms with van der Waals surface area (Å²) in [5.74, 6) is 1.68. The van der Waals surface area contributed by atoms with Crippen LogP contribution in [-0.2, 0) is 0 Å². The molecule has 0 aromatic heterocycles. The highest BCUT2D eigenvalue weighted by Crippen LogP contribution is 2.34. The number of carbonyl (C=O) groups excluding carboxylic acids is 1. The SMILES string of the molecule is CCOc1ccc(C2CCCN2C(=O)c2ccc(C)c(OC)c2)cc1. The van der Waals surface area contributed by atoms with Crippen molar-refractivity contribution < 1.29 is 14.3 Å². The maximum absolute atomic E-state index is 13.0. The van der Waals surface area contributed by atoms with Crippen molar-refractivity contribution >= 4 is 5.91 Å². The number of aryl methyl sites for hydroxylation is 1. The second kappa shape index (κ2) is 7.60. The summed E-state index contributed by atoms with van der Waals surface area (Å²) in [6.07, 6.45) is 2.01. The highest BCUT2D eigenvalue weighted by atomic mass is 16.5. The number of nitrogens with zero attached hydrogens (tertiary/aromatic N) is 1. The molecule has 2 aromatic carbocycles. The molecule has 1 aliphatic heterocycles. The topological polar surface area (TPSA) is 38.8 Å². The van der Waals surface area contributed by atoms with Crippen molar-refractivity contribution in [3.05, 3.63) is 59.2 Å². The summed E-state index contributed by atoms with van der Waals surface area (Å²) >= 11 is 0. The van der Waals surface area contributed by atoms with Gasteiger partial charge in [-0.05, 0) is 62.1 Å². The Hall–Kier alpha value is -2.49. The van der Waals surface area contributed by atoms with Crippen LogP contribution in [0.5, 0.6) is 11.5 Å². The molecule has 1 fully saturated rings. The Balaban J connectivity index is 1.82. The Bertz CT molecular complexity index is 739. The quantitative estimate of drug-likeness (QED) is 0.811. The highest BCUT2D eigenvalue weighted by molar-refractivity contribution is 5.95. The number of ether oxygens (including phenoxy) is 2. The van der Waals surface area contributed by atoms with Crippen molar-refractivity contribution in [1.82, 2.24) is 4.90 Å². The fourth-order valence-electron chi connectivity index (χ4n) is 3.43. The predicted octanol–water partition coefficient (Wildman–Crippen LogP) is 4.38. The summed E-state index contributed by atoms with van der Waals surface area (Å²) < 4.78 is 10.9. The minimum absolute atomic E-state index is 0.0645. The first-order valence-corrected chi connectivity index (χ1v) is 8.82. The molecule has 4 heteroatoms. The van der Waals surface area contributed by atoms with Gasteiger partial charge in [0.1, 0.15) is 11.5 Å². The fraction of sp³-hybridized carbons (Fsp3) is 0.381. The fourth-order valence-corrected chi connectivity index (χ4v) is 3.43. The average Bonchev–Trinajstić information content (AvgIpc) is 3.12. The van der Waals surface area contributed by atoms with Crippen LogP contribution in [0.2, 0.25) is 0 Å². The van der Waals surface area contributed by atoms with Gasteiger partial charge in [0.2, 0.25) is 0 Å². The maximum atomic E-state index is 13.0. The maximum Gasteiger partial charge on any atom is 0.254 e. The van der Waals surface area contributed by atoms with Gasteiger partial charge >= 0.3 is 0 Å². The van der Waals surface area contributed by atoms with E-state index in [4.69, 9.17) is 9.47 Å². The zero-order chi connectivity index (χ0) is 17.8. The molecule has 0 N–H and O–H groups in total. The first-order chi connectivity index (χ1) is 12.1. The van der Waals surface area contributed by atoms with Gasteiger partial charge in [-0.3, -0.25) is 4.79 Å². The van der Waals surface area contributed by atoms with Gasteiger partial charge in [-0.1, -0.05) is 18.2 Å². The van der Waals surface area contributed by atoms with Crippen molar-refractivity contribution in [3.8, 4) is 11.5 Å². The third-order valence-electron chi connectivity index (χ3n) is 4.74. The molecule has 1 atom stereocenters. The van der Waals surface area contributed by atoms with Gasteiger partial charge in [0.15, 0.2) is 0 Å². The van der Waals surface area contributed by atoms with Crippen LogP contribution in [0.3, 0.4) is 0 Å². The number of hydrogen-bond donors (Lipinski definition) is 0. The lowest BCUT2D eigenvalue weighted by Gasteiger charge is -2.25. The number of amides is 1. The van der Waals surface area contributed by atoms with Gasteiger partial charge in [0, 0.05) is 12.1 Å². The van der Waals surface area contributed by atoms with Crippen molar-refractivity contribution in [2.24, 2.45) is 0 Å². The predicted molar refractivity (Wildman–Crippen MR) is 98.4 cm³/mol. The van der Waals surface area contributed by atoms with Crippen LogP contribution in [0.15, 0.2) is 42.5 Å². The van der Waals surface area contributed by atoms with E-state index in [0.717, 1.165) is 42.0 Å². The molecule has 0 spiro atoms. The molecule has 3 rings (SSSR count). The molecular weight excluding hydrogens is 314 g/mol. The summed E-state index contributed by atoms with van der Waals surface area (Å²) in [5, 5.41) is 0. The molecule has 132 valence electrons. The molecule has 0 saturated carbocycles. The Morgan fingerprint density at radius 1 is 1.20 bits per heavy atom. The number of carbonyl (C=O) groups is 1. The molecule has 0 radical (unpaired) electrons. The van der Waals surface area contributed by atoms with Gasteiger partial charge in [0.25, 0.3) is 5.91 Å². The van der Waals surface area contributed by atoms with Crippen molar-refractivity contribution in [2.75, 3.05) is 20.3 Å². The molecule has 1 unspecified atom stereocenters. The molecular formula is C21H25NO3. The Labute approximate surface area is 149 Å². The van der Waals surface area contributed by atoms with E-state index >= 15 is 0 Å². The summed E-state index contributed by atoms with van der Waals surface area (Å²) in [7, 11) is 1.63. The summed E-state index contributed by atoms with van der Waals surface area (Å²) in [4.78, 5) is 15.0. The minimum Gasteiger partial charge on any atom is -0.496 e. The smallest absolute Gasteiger partial charge is 0.254 e. The van der Waals surface area contributed by atoms with E-state index in [-0.39, 0.29) is 11.9 Å². The first-order valence-electron chi connectivity index (χ1n) is 8.82. The molecule has 1 saturated heterocycles. The van der Waals surface area contributed by atoms with Crippen molar-refractivity contribution in [3.63, 3.8) is 0 Å². The lowest BCUT2D eigenvalue weighted by molar-refractivity contribution is 0.0735. The third-order valence-corrected chi connectivity index (χ3v) is 4.74. The normalized spacial score (nSPS) is 16.8. The van der Waals surface area contributed by atoms with Crippen molar-refractivity contribution in [1.29, 1.82) is 0 Å². The van der Waals surface area contributed by atoms with Crippen LogP contribution in [0, 0.1) is 6.92 Å². The first kappa shape index (κ1) is 17.3. The van der Waals surface area contributed by atoms with Crippen molar-refractivity contribution in [2.45, 2.75) is 32.7 Å². The van der Waals surface area contributed by atoms with Crippen LogP contribution in [0.25, 0.3) is 0 Å². The van der Waals surface area contributed by atoms with E-state index in [2.05, 4.69) is 12.1 Å². The Morgan fingerprint density at radius 3 is 2.64 bits per heavy atom. The number of rotatable bonds is 5. The Morgan fingerprint density at radius 2 is 1.96 bits per heavy atom. The van der Waals surface area contributed by atoms with Gasteiger partial charge in [-0.2, -0.15) is 0 Å². The van der Waals surface area contributed by atoms with Gasteiger partial charge in [-0.25, -0.2) is 0 Å². The van der Waals surface area contributed by atoms with E-state index in [1.54, 1.807) is 7.11 Å². The van der Waals surface area contributed by atoms with Crippen LogP contribution in [-0.4, -0.2) is 31.1 Å². The number of methoxy groups -OCH3 is 1. The van der Waals surface area contributed by atoms with E-state index in [0.29, 0.717) is 12.2 Å². The average molecular weight is 339 g/mol. The van der Waals surface area contributed by atoms with Crippen LogP contribution in [0.4, 0.5) is 0 Å². The highest BCUT2D eigenvalue weighted by Gasteiger charge is 2.30. The molecule has 1 heterocycles. The van der Waals surface area contributed by atoms with Crippen LogP contribution in [0.1, 0.15) is 47.3 Å². The largest absolute Gasteiger partial charge is 0.496 e. The van der Waals surface area contributed by atoms with Gasteiger partial charge in [-0.15, -0.1) is 0 Å². The second-order valence-electron chi connectivity index (χ2n) is 6.34. The summed E-state index contributed by atoms with van der Waals surface area (Å²) in [6, 6.07) is 13.9. The molecule has 2 aromatic rings. The zero-order valence-corrected chi connectivity index (χ0v) is 15.1. The number of benzene rings is 2. The number of likely N-dealkylation sites (tertiary alicyclic amines) is 1. The van der Waals surface area contributed by atoms with Crippen LogP contribution >= 0.6 is 0 Å².